The van der Waals surface area contributed by atoms with Crippen LogP contribution >= 0.6 is 0 Å². The van der Waals surface area contributed by atoms with Crippen molar-refractivity contribution in [2.75, 3.05) is 0 Å². The highest BCUT2D eigenvalue weighted by Crippen LogP contribution is 2.42. The summed E-state index contributed by atoms with van der Waals surface area (Å²) in [6.07, 6.45) is 10.9. The summed E-state index contributed by atoms with van der Waals surface area (Å²) in [6.45, 7) is 0. The Balaban J connectivity index is 0.000000152. The number of hydrogen-bond donors (Lipinski definition) is 0. The Morgan fingerprint density at radius 3 is 1.12 bits per heavy atom. The molecule has 0 saturated heterocycles. The van der Waals surface area contributed by atoms with Crippen molar-refractivity contribution in [2.45, 2.75) is 0 Å². The van der Waals surface area contributed by atoms with Crippen molar-refractivity contribution in [3.05, 3.63) is 340 Å². The molecule has 0 bridgehead atoms. The molecule has 0 fully saturated rings. The number of benzene rings is 13. The van der Waals surface area contributed by atoms with Crippen molar-refractivity contribution in [3.63, 3.8) is 0 Å². The van der Waals surface area contributed by atoms with Crippen molar-refractivity contribution < 1.29 is 6.85 Å². The number of aromatic nitrogens is 6. The predicted octanol–water partition coefficient (Wildman–Crippen LogP) is 22.2. The Hall–Kier alpha value is -12.4. The van der Waals surface area contributed by atoms with Gasteiger partial charge < -0.3 is 0 Å². The molecule has 0 aliphatic rings. The maximum atomic E-state index is 8.62. The molecule has 6 heteroatoms. The molecule has 0 aliphatic heterocycles. The predicted molar refractivity (Wildman–Crippen MR) is 382 cm³/mol. The van der Waals surface area contributed by atoms with E-state index >= 15 is 0 Å². The molecule has 6 nitrogen and oxygen atoms in total. The van der Waals surface area contributed by atoms with Gasteiger partial charge in [0.05, 0.1) is 18.2 Å². The molecule has 0 spiro atoms. The van der Waals surface area contributed by atoms with Crippen molar-refractivity contribution in [1.29, 1.82) is 0 Å². The molecule has 4 heterocycles. The van der Waals surface area contributed by atoms with Gasteiger partial charge in [0.1, 0.15) is 0 Å². The molecule has 17 rings (SSSR count). The minimum absolute atomic E-state index is 0.0420. The molecular weight excluding hydrogens is 1120 g/mol. The maximum absolute atomic E-state index is 8.62. The first kappa shape index (κ1) is 49.6. The fourth-order valence-corrected chi connectivity index (χ4v) is 12.7. The number of pyridine rings is 2. The van der Waals surface area contributed by atoms with Gasteiger partial charge in [-0.25, -0.2) is 19.9 Å². The fourth-order valence-electron chi connectivity index (χ4n) is 12.7. The zero-order valence-corrected chi connectivity index (χ0v) is 49.6. The molecule has 17 aromatic rings. The van der Waals surface area contributed by atoms with Gasteiger partial charge in [0.25, 0.3) is 0 Å². The Bertz CT molecular complexity index is 5890. The molecule has 430 valence electrons. The van der Waals surface area contributed by atoms with Crippen LogP contribution in [0.5, 0.6) is 0 Å². The third-order valence-corrected chi connectivity index (χ3v) is 17.1. The summed E-state index contributed by atoms with van der Waals surface area (Å²) in [4.78, 5) is 28.6. The third-order valence-electron chi connectivity index (χ3n) is 17.1. The van der Waals surface area contributed by atoms with E-state index in [1.54, 1.807) is 18.6 Å². The van der Waals surface area contributed by atoms with Crippen LogP contribution in [0.15, 0.2) is 340 Å². The fraction of sp³-hybridized carbons (Fsp3) is 0. The molecule has 0 atom stereocenters. The second-order valence-electron chi connectivity index (χ2n) is 22.6. The van der Waals surface area contributed by atoms with Gasteiger partial charge in [-0.3, -0.25) is 9.97 Å². The molecule has 0 N–H and O–H groups in total. The van der Waals surface area contributed by atoms with E-state index in [1.165, 1.54) is 43.3 Å². The van der Waals surface area contributed by atoms with Gasteiger partial charge in [-0.15, -0.1) is 0 Å². The molecular formula is C86H56N6. The van der Waals surface area contributed by atoms with Crippen molar-refractivity contribution in [2.24, 2.45) is 0 Å². The van der Waals surface area contributed by atoms with E-state index in [2.05, 4.69) is 233 Å². The number of hydrogen-bond acceptors (Lipinski definition) is 6. The molecule has 0 unspecified atom stereocenters. The normalized spacial score (nSPS) is 12.0. The molecule has 4 aromatic heterocycles. The summed E-state index contributed by atoms with van der Waals surface area (Å²) < 4.78 is 41.9. The van der Waals surface area contributed by atoms with Crippen LogP contribution in [0.1, 0.15) is 6.85 Å². The summed E-state index contributed by atoms with van der Waals surface area (Å²) in [5.74, 6) is 0.760. The zero-order valence-electron chi connectivity index (χ0n) is 54.6. The van der Waals surface area contributed by atoms with Crippen molar-refractivity contribution >= 4 is 53.9 Å². The van der Waals surface area contributed by atoms with E-state index in [1.807, 2.05) is 73.2 Å². The van der Waals surface area contributed by atoms with Crippen LogP contribution in [0.4, 0.5) is 0 Å². The summed E-state index contributed by atoms with van der Waals surface area (Å²) in [6, 6.07) is 92.9. The second-order valence-corrected chi connectivity index (χ2v) is 22.6. The van der Waals surface area contributed by atoms with Crippen LogP contribution in [-0.4, -0.2) is 29.9 Å². The lowest BCUT2D eigenvalue weighted by atomic mass is 9.91. The molecule has 0 saturated carbocycles. The van der Waals surface area contributed by atoms with Gasteiger partial charge >= 0.3 is 0 Å². The first-order valence-electron chi connectivity index (χ1n) is 33.0. The smallest absolute Gasteiger partial charge is 0.160 e. The van der Waals surface area contributed by atoms with Gasteiger partial charge in [0.2, 0.25) is 0 Å². The zero-order chi connectivity index (χ0) is 65.5. The summed E-state index contributed by atoms with van der Waals surface area (Å²) >= 11 is 0. The number of rotatable bonds is 10. The lowest BCUT2D eigenvalue weighted by Gasteiger charge is -2.15. The number of fused-ring (bicyclic) bond motifs is 7. The molecule has 92 heavy (non-hydrogen) atoms. The second kappa shape index (κ2) is 24.3. The first-order chi connectivity index (χ1) is 47.7. The summed E-state index contributed by atoms with van der Waals surface area (Å²) in [5.41, 5.74) is 16.4. The highest BCUT2D eigenvalue weighted by atomic mass is 14.9. The Morgan fingerprint density at radius 2 is 0.609 bits per heavy atom. The minimum Gasteiger partial charge on any atom is -0.264 e. The molecule has 0 aliphatic carbocycles. The number of nitrogens with zero attached hydrogens (tertiary/aromatic N) is 6. The van der Waals surface area contributed by atoms with Crippen molar-refractivity contribution in [1.82, 2.24) is 29.9 Å². The summed E-state index contributed by atoms with van der Waals surface area (Å²) in [5, 5.41) is 11.9. The van der Waals surface area contributed by atoms with E-state index in [0.717, 1.165) is 99.7 Å². The lowest BCUT2D eigenvalue weighted by molar-refractivity contribution is 1.18. The van der Waals surface area contributed by atoms with Gasteiger partial charge in [-0.05, 0) is 147 Å². The van der Waals surface area contributed by atoms with Crippen LogP contribution < -0.4 is 0 Å². The minimum atomic E-state index is -0.460. The monoisotopic (exact) mass is 1180 g/mol. The highest BCUT2D eigenvalue weighted by Gasteiger charge is 2.20. The van der Waals surface area contributed by atoms with Gasteiger partial charge in [0, 0.05) is 81.7 Å². The highest BCUT2D eigenvalue weighted by molar-refractivity contribution is 6.15. The Kier molecular flexibility index (Phi) is 13.1. The lowest BCUT2D eigenvalue weighted by Crippen LogP contribution is -1.97. The molecule has 13 aromatic carbocycles. The largest absolute Gasteiger partial charge is 0.264 e. The summed E-state index contributed by atoms with van der Waals surface area (Å²) in [7, 11) is 0. The topological polar surface area (TPSA) is 77.3 Å². The van der Waals surface area contributed by atoms with Crippen LogP contribution in [0.25, 0.3) is 166 Å². The van der Waals surface area contributed by atoms with E-state index in [0.29, 0.717) is 11.5 Å². The van der Waals surface area contributed by atoms with Crippen LogP contribution in [0, 0.1) is 0 Å². The van der Waals surface area contributed by atoms with Crippen LogP contribution in [0.3, 0.4) is 0 Å². The van der Waals surface area contributed by atoms with E-state index < -0.39 is 18.1 Å². The van der Waals surface area contributed by atoms with Crippen LogP contribution in [0.2, 0.25) is 0 Å². The van der Waals surface area contributed by atoms with E-state index in [-0.39, 0.29) is 23.5 Å². The maximum Gasteiger partial charge on any atom is 0.160 e. The Labute approximate surface area is 540 Å². The van der Waals surface area contributed by atoms with Crippen molar-refractivity contribution in [3.8, 4) is 112 Å². The van der Waals surface area contributed by atoms with Gasteiger partial charge in [-0.1, -0.05) is 255 Å². The molecule has 0 radical (unpaired) electrons. The first-order valence-corrected chi connectivity index (χ1v) is 30.5. The van der Waals surface area contributed by atoms with Crippen LogP contribution in [-0.2, 0) is 0 Å². The van der Waals surface area contributed by atoms with Gasteiger partial charge in [0.15, 0.2) is 11.6 Å². The quantitative estimate of drug-likeness (QED) is 0.127. The average molecular weight is 1180 g/mol. The SMILES string of the molecule is [2H]c1c([2H])c([2H])c(-c2ncc(-c3cccc(-c4cccnc4)c3)c(-c3cccc(-c4cc5ccccc5c5ccccc45)c3)n2)c([2H])c1[2H].c1cncc(-c2cccc(-c3cnc(-c4cccc5ccccc45)nc3-c3cccc(-c4cc5ccccc5c5ccccc45)c3)c2)c1. The Morgan fingerprint density at radius 1 is 0.228 bits per heavy atom. The third kappa shape index (κ3) is 10.7. The van der Waals surface area contributed by atoms with Gasteiger partial charge in [-0.2, -0.15) is 0 Å². The molecule has 0 amide bonds. The standard InChI is InChI=1S/C45H29N3.C41H27N3/c1-3-19-37-30(11-1)13-9-23-41(37)45-47-29-43(33-16-7-14-31(25-33)36-18-10-24-46-28-36)44(48-45)35-17-8-15-32(26-35)42-27-34-12-2-4-20-38(34)39-21-5-6-22-40(39)42;1-2-11-28(12-3-1)41-43-27-39(31-16-8-14-29(23-31)34-18-10-22-42-26-34)40(44-41)33-17-9-15-30(24-33)38-25-32-13-4-5-19-35(32)36-20-6-7-21-37(36)38/h1-29H;1-27H/i;1D,2D,3D,11D,12D. The van der Waals surface area contributed by atoms with E-state index in [9.17, 15) is 0 Å². The van der Waals surface area contributed by atoms with E-state index in [4.69, 9.17) is 21.8 Å². The average Bonchev–Trinajstić information content (AvgIpc) is 0.868.